The van der Waals surface area contributed by atoms with Crippen LogP contribution < -0.4 is 15.4 Å². The van der Waals surface area contributed by atoms with Crippen LogP contribution >= 0.6 is 36.5 Å². The minimum absolute atomic E-state index is 0.0448. The molecular formula is C19H23BrNO6PS. The molecule has 1 N–H and O–H groups in total. The molecule has 158 valence electrons. The van der Waals surface area contributed by atoms with Crippen molar-refractivity contribution in [3.05, 3.63) is 44.1 Å². The van der Waals surface area contributed by atoms with E-state index in [4.69, 9.17) is 18.9 Å². The Morgan fingerprint density at radius 1 is 1.28 bits per heavy atom. The molecule has 0 aliphatic rings. The molecule has 1 heterocycles. The summed E-state index contributed by atoms with van der Waals surface area (Å²) in [7, 11) is 5.45. The molecule has 0 radical (unpaired) electrons. The molecule has 1 aromatic carbocycles. The fraction of sp³-hybridized carbons (Fsp3) is 0.368. The SMILES string of the molecule is CCOC(=O)C(NCc1sc(Br)cc1C(=O)OC)c1cc(P)ccc1OCOC. The first kappa shape index (κ1) is 23.8. The van der Waals surface area contributed by atoms with Crippen molar-refractivity contribution < 1.29 is 28.5 Å². The molecule has 0 aliphatic heterocycles. The van der Waals surface area contributed by atoms with Gasteiger partial charge in [0.2, 0.25) is 0 Å². The summed E-state index contributed by atoms with van der Waals surface area (Å²) in [5.41, 5.74) is 1.05. The number of methoxy groups -OCH3 is 2. The third-order valence-electron chi connectivity index (χ3n) is 3.85. The monoisotopic (exact) mass is 503 g/mol. The maximum absolute atomic E-state index is 12.7. The second-order valence-electron chi connectivity index (χ2n) is 5.79. The summed E-state index contributed by atoms with van der Waals surface area (Å²) in [5, 5.41) is 4.08. The van der Waals surface area contributed by atoms with E-state index < -0.39 is 18.0 Å². The van der Waals surface area contributed by atoms with Gasteiger partial charge in [-0.3, -0.25) is 5.32 Å². The van der Waals surface area contributed by atoms with E-state index in [1.54, 1.807) is 19.1 Å². The van der Waals surface area contributed by atoms with Crippen LogP contribution in [-0.4, -0.2) is 39.6 Å². The molecule has 0 bridgehead atoms. The van der Waals surface area contributed by atoms with E-state index in [0.717, 1.165) is 14.0 Å². The lowest BCUT2D eigenvalue weighted by Crippen LogP contribution is -2.31. The summed E-state index contributed by atoms with van der Waals surface area (Å²) in [4.78, 5) is 25.5. The summed E-state index contributed by atoms with van der Waals surface area (Å²) in [6.45, 7) is 2.29. The van der Waals surface area contributed by atoms with Crippen molar-refractivity contribution in [1.29, 1.82) is 0 Å². The number of benzene rings is 1. The molecule has 10 heteroatoms. The molecule has 0 aliphatic carbocycles. The number of hydrogen-bond acceptors (Lipinski definition) is 8. The average Bonchev–Trinajstić information content (AvgIpc) is 3.07. The Balaban J connectivity index is 2.35. The van der Waals surface area contributed by atoms with Crippen molar-refractivity contribution in [3.63, 3.8) is 0 Å². The summed E-state index contributed by atoms with van der Waals surface area (Å²) in [6.07, 6.45) is 0. The Morgan fingerprint density at radius 2 is 2.03 bits per heavy atom. The van der Waals surface area contributed by atoms with Crippen molar-refractivity contribution >= 4 is 53.7 Å². The highest BCUT2D eigenvalue weighted by molar-refractivity contribution is 9.11. The van der Waals surface area contributed by atoms with Gasteiger partial charge in [-0.15, -0.1) is 20.6 Å². The third-order valence-corrected chi connectivity index (χ3v) is 5.85. The fourth-order valence-electron chi connectivity index (χ4n) is 2.60. The third kappa shape index (κ3) is 6.49. The number of rotatable bonds is 10. The van der Waals surface area contributed by atoms with Gasteiger partial charge < -0.3 is 18.9 Å². The maximum Gasteiger partial charge on any atom is 0.339 e. The van der Waals surface area contributed by atoms with E-state index in [1.807, 2.05) is 12.1 Å². The molecule has 2 unspecified atom stereocenters. The number of halogens is 1. The molecule has 29 heavy (non-hydrogen) atoms. The van der Waals surface area contributed by atoms with Crippen LogP contribution in [0.25, 0.3) is 0 Å². The lowest BCUT2D eigenvalue weighted by molar-refractivity contribution is -0.146. The molecule has 2 atom stereocenters. The minimum Gasteiger partial charge on any atom is -0.467 e. The van der Waals surface area contributed by atoms with Gasteiger partial charge in [0.15, 0.2) is 6.79 Å². The summed E-state index contributed by atoms with van der Waals surface area (Å²) in [5.74, 6) is -0.378. The number of ether oxygens (including phenoxy) is 4. The number of carbonyl (C=O) groups excluding carboxylic acids is 2. The van der Waals surface area contributed by atoms with Gasteiger partial charge >= 0.3 is 11.9 Å². The molecule has 0 fully saturated rings. The summed E-state index contributed by atoms with van der Waals surface area (Å²) in [6, 6.07) is 6.35. The number of thiophene rings is 1. The van der Waals surface area contributed by atoms with Crippen molar-refractivity contribution in [2.24, 2.45) is 0 Å². The van der Waals surface area contributed by atoms with Gasteiger partial charge in [0.25, 0.3) is 0 Å². The lowest BCUT2D eigenvalue weighted by Gasteiger charge is -2.21. The second kappa shape index (κ2) is 11.6. The standard InChI is InChI=1S/C19H23BrNO6PS/c1-4-26-19(23)17(12-7-11(28)5-6-14(12)27-10-24-2)21-9-15-13(18(22)25-3)8-16(20)29-15/h5-8,17,21H,4,9-10,28H2,1-3H3. The van der Waals surface area contributed by atoms with E-state index in [0.29, 0.717) is 16.9 Å². The molecule has 2 aromatic rings. The lowest BCUT2D eigenvalue weighted by atomic mass is 10.1. The highest BCUT2D eigenvalue weighted by Gasteiger charge is 2.27. The first-order chi connectivity index (χ1) is 13.9. The zero-order valence-corrected chi connectivity index (χ0v) is 19.9. The van der Waals surface area contributed by atoms with Crippen LogP contribution in [0.2, 0.25) is 0 Å². The molecular weight excluding hydrogens is 481 g/mol. The molecule has 2 rings (SSSR count). The molecule has 0 saturated carbocycles. The topological polar surface area (TPSA) is 83.1 Å². The van der Waals surface area contributed by atoms with Crippen LogP contribution in [0.4, 0.5) is 0 Å². The fourth-order valence-corrected chi connectivity index (χ4v) is 4.51. The van der Waals surface area contributed by atoms with Gasteiger partial charge in [-0.2, -0.15) is 0 Å². The number of nitrogens with one attached hydrogen (secondary N) is 1. The van der Waals surface area contributed by atoms with Crippen molar-refractivity contribution in [2.45, 2.75) is 19.5 Å². The Labute approximate surface area is 184 Å². The Kier molecular flexibility index (Phi) is 9.52. The predicted octanol–water partition coefficient (Wildman–Crippen LogP) is 3.17. The van der Waals surface area contributed by atoms with E-state index in [1.165, 1.54) is 25.6 Å². The van der Waals surface area contributed by atoms with Gasteiger partial charge in [-0.1, -0.05) is 6.07 Å². The zero-order valence-electron chi connectivity index (χ0n) is 16.3. The van der Waals surface area contributed by atoms with E-state index in [-0.39, 0.29) is 19.9 Å². The number of esters is 2. The first-order valence-electron chi connectivity index (χ1n) is 8.68. The number of hydrogen-bond donors (Lipinski definition) is 1. The van der Waals surface area contributed by atoms with Crippen LogP contribution in [-0.2, 0) is 25.5 Å². The Bertz CT molecular complexity index is 859. The van der Waals surface area contributed by atoms with Gasteiger partial charge in [-0.25, -0.2) is 9.59 Å². The average molecular weight is 504 g/mol. The van der Waals surface area contributed by atoms with E-state index in [2.05, 4.69) is 30.5 Å². The summed E-state index contributed by atoms with van der Waals surface area (Å²) >= 11 is 4.78. The number of carbonyl (C=O) groups is 2. The maximum atomic E-state index is 12.7. The largest absolute Gasteiger partial charge is 0.467 e. The van der Waals surface area contributed by atoms with E-state index >= 15 is 0 Å². The van der Waals surface area contributed by atoms with Gasteiger partial charge in [0.05, 0.1) is 23.1 Å². The Morgan fingerprint density at radius 3 is 2.69 bits per heavy atom. The van der Waals surface area contributed by atoms with E-state index in [9.17, 15) is 9.59 Å². The van der Waals surface area contributed by atoms with Crippen molar-refractivity contribution in [1.82, 2.24) is 5.32 Å². The first-order valence-corrected chi connectivity index (χ1v) is 10.9. The zero-order chi connectivity index (χ0) is 21.4. The summed E-state index contributed by atoms with van der Waals surface area (Å²) < 4.78 is 21.5. The van der Waals surface area contributed by atoms with Crippen LogP contribution in [0.1, 0.15) is 33.8 Å². The van der Waals surface area contributed by atoms with Crippen LogP contribution in [0.3, 0.4) is 0 Å². The molecule has 0 spiro atoms. The molecule has 0 saturated heterocycles. The second-order valence-corrected chi connectivity index (χ2v) is 8.98. The minimum atomic E-state index is -0.798. The predicted molar refractivity (Wildman–Crippen MR) is 118 cm³/mol. The van der Waals surface area contributed by atoms with Gasteiger partial charge in [-0.05, 0) is 46.4 Å². The van der Waals surface area contributed by atoms with Crippen molar-refractivity contribution in [3.8, 4) is 5.75 Å². The Hall–Kier alpha value is -1.51. The molecule has 7 nitrogen and oxygen atoms in total. The quantitative estimate of drug-likeness (QED) is 0.303. The van der Waals surface area contributed by atoms with Crippen LogP contribution in [0.5, 0.6) is 5.75 Å². The molecule has 1 aromatic heterocycles. The van der Waals surface area contributed by atoms with Gasteiger partial charge in [0, 0.05) is 24.1 Å². The highest BCUT2D eigenvalue weighted by Crippen LogP contribution is 2.30. The highest BCUT2D eigenvalue weighted by atomic mass is 79.9. The van der Waals surface area contributed by atoms with Gasteiger partial charge in [0.1, 0.15) is 11.8 Å². The van der Waals surface area contributed by atoms with Crippen LogP contribution in [0.15, 0.2) is 28.1 Å². The smallest absolute Gasteiger partial charge is 0.339 e. The molecule has 0 amide bonds. The van der Waals surface area contributed by atoms with Crippen LogP contribution in [0, 0.1) is 0 Å². The van der Waals surface area contributed by atoms with Crippen molar-refractivity contribution in [2.75, 3.05) is 27.6 Å². The normalized spacial score (nSPS) is 11.8.